The maximum atomic E-state index is 4.12. The van der Waals surface area contributed by atoms with Crippen LogP contribution in [0.2, 0.25) is 0 Å². The molecular formula is C10H14. The molecule has 2 aliphatic rings. The predicted octanol–water partition coefficient (Wildman–Crippen LogP) is 2.77. The first kappa shape index (κ1) is 6.21. The molecule has 0 aromatic carbocycles. The van der Waals surface area contributed by atoms with Crippen LogP contribution >= 0.6 is 0 Å². The molecule has 0 radical (unpaired) electrons. The maximum absolute atomic E-state index is 4.12. The molecule has 0 saturated heterocycles. The van der Waals surface area contributed by atoms with Crippen molar-refractivity contribution < 1.29 is 0 Å². The van der Waals surface area contributed by atoms with Crippen molar-refractivity contribution in [1.29, 1.82) is 0 Å². The minimum Gasteiger partial charge on any atom is -0.102 e. The lowest BCUT2D eigenvalue weighted by Gasteiger charge is -2.20. The van der Waals surface area contributed by atoms with Gasteiger partial charge in [0.05, 0.1) is 0 Å². The Morgan fingerprint density at radius 1 is 1.40 bits per heavy atom. The lowest BCUT2D eigenvalue weighted by atomic mass is 9.85. The summed E-state index contributed by atoms with van der Waals surface area (Å²) in [5, 5.41) is 0. The highest BCUT2D eigenvalue weighted by molar-refractivity contribution is 5.22. The molecule has 0 aromatic rings. The quantitative estimate of drug-likeness (QED) is 0.484. The topological polar surface area (TPSA) is 0 Å². The fourth-order valence-corrected chi connectivity index (χ4v) is 2.60. The van der Waals surface area contributed by atoms with Crippen LogP contribution < -0.4 is 0 Å². The fraction of sp³-hybridized carbons (Fsp3) is 0.600. The first-order valence-corrected chi connectivity index (χ1v) is 4.14. The van der Waals surface area contributed by atoms with Gasteiger partial charge in [-0.3, -0.25) is 0 Å². The van der Waals surface area contributed by atoms with Gasteiger partial charge in [0, 0.05) is 5.92 Å². The number of hydrogen-bond acceptors (Lipinski definition) is 0. The van der Waals surface area contributed by atoms with E-state index in [-0.39, 0.29) is 0 Å². The molecule has 2 aliphatic carbocycles. The second kappa shape index (κ2) is 1.98. The van der Waals surface area contributed by atoms with E-state index in [1.54, 1.807) is 0 Å². The van der Waals surface area contributed by atoms with E-state index in [0.29, 0.717) is 5.92 Å². The van der Waals surface area contributed by atoms with E-state index in [9.17, 15) is 0 Å². The van der Waals surface area contributed by atoms with Gasteiger partial charge in [0.1, 0.15) is 0 Å². The largest absolute Gasteiger partial charge is 0.102 e. The van der Waals surface area contributed by atoms with Gasteiger partial charge >= 0.3 is 0 Å². The van der Waals surface area contributed by atoms with Gasteiger partial charge in [-0.2, -0.15) is 0 Å². The first-order valence-electron chi connectivity index (χ1n) is 4.14. The lowest BCUT2D eigenvalue weighted by molar-refractivity contribution is 0.473. The molecule has 0 aliphatic heterocycles. The maximum Gasteiger partial charge on any atom is 0.000264 e. The van der Waals surface area contributed by atoms with Gasteiger partial charge in [-0.1, -0.05) is 18.2 Å². The van der Waals surface area contributed by atoms with Crippen molar-refractivity contribution in [3.8, 4) is 0 Å². The zero-order valence-corrected chi connectivity index (χ0v) is 6.34. The van der Waals surface area contributed by atoms with Crippen LogP contribution in [0.3, 0.4) is 0 Å². The Morgan fingerprint density at radius 2 is 2.20 bits per heavy atom. The number of rotatable bonds is 1. The van der Waals surface area contributed by atoms with Crippen LogP contribution in [-0.2, 0) is 0 Å². The van der Waals surface area contributed by atoms with E-state index in [2.05, 4.69) is 19.2 Å². The molecule has 0 aromatic heterocycles. The Morgan fingerprint density at radius 3 is 2.60 bits per heavy atom. The second-order valence-corrected chi connectivity index (χ2v) is 3.61. The van der Waals surface area contributed by atoms with Crippen molar-refractivity contribution in [3.05, 3.63) is 24.8 Å². The summed E-state index contributed by atoms with van der Waals surface area (Å²) >= 11 is 0. The molecule has 0 heterocycles. The molecule has 10 heavy (non-hydrogen) atoms. The van der Waals surface area contributed by atoms with Crippen LogP contribution in [-0.4, -0.2) is 0 Å². The molecule has 3 atom stereocenters. The number of allylic oxidation sites excluding steroid dienone is 2. The minimum absolute atomic E-state index is 0.666. The molecule has 3 unspecified atom stereocenters. The van der Waals surface area contributed by atoms with E-state index in [4.69, 9.17) is 0 Å². The number of fused-ring (bicyclic) bond motifs is 2. The highest BCUT2D eigenvalue weighted by Crippen LogP contribution is 2.51. The highest BCUT2D eigenvalue weighted by Gasteiger charge is 2.40. The Bertz CT molecular complexity index is 178. The van der Waals surface area contributed by atoms with Crippen molar-refractivity contribution in [3.63, 3.8) is 0 Å². The van der Waals surface area contributed by atoms with E-state index in [0.717, 1.165) is 11.8 Å². The summed E-state index contributed by atoms with van der Waals surface area (Å²) in [5.74, 6) is 2.43. The summed E-state index contributed by atoms with van der Waals surface area (Å²) < 4.78 is 0. The zero-order chi connectivity index (χ0) is 7.14. The average molecular weight is 134 g/mol. The summed E-state index contributed by atoms with van der Waals surface area (Å²) in [6, 6.07) is 0. The van der Waals surface area contributed by atoms with Crippen LogP contribution in [0.15, 0.2) is 24.8 Å². The predicted molar refractivity (Wildman–Crippen MR) is 43.7 cm³/mol. The lowest BCUT2D eigenvalue weighted by Crippen LogP contribution is -2.09. The molecule has 0 N–H and O–H groups in total. The Balaban J connectivity index is 2.24. The fourth-order valence-electron chi connectivity index (χ4n) is 2.60. The van der Waals surface area contributed by atoms with Crippen molar-refractivity contribution in [2.45, 2.75) is 19.3 Å². The van der Waals surface area contributed by atoms with Crippen LogP contribution in [0, 0.1) is 17.8 Å². The average Bonchev–Trinajstić information content (AvgIpc) is 2.46. The van der Waals surface area contributed by atoms with Gasteiger partial charge in [0.2, 0.25) is 0 Å². The van der Waals surface area contributed by atoms with E-state index < -0.39 is 0 Å². The normalized spacial score (nSPS) is 44.4. The monoisotopic (exact) mass is 134 g/mol. The molecular weight excluding hydrogens is 120 g/mol. The van der Waals surface area contributed by atoms with Gasteiger partial charge in [-0.15, -0.1) is 6.58 Å². The van der Waals surface area contributed by atoms with Crippen molar-refractivity contribution >= 4 is 0 Å². The molecule has 0 heteroatoms. The molecule has 2 saturated carbocycles. The van der Waals surface area contributed by atoms with E-state index in [1.165, 1.54) is 24.8 Å². The molecule has 0 nitrogen and oxygen atoms in total. The summed E-state index contributed by atoms with van der Waals surface area (Å²) in [5.41, 5.74) is 1.46. The molecule has 54 valence electrons. The summed E-state index contributed by atoms with van der Waals surface area (Å²) in [4.78, 5) is 0. The summed E-state index contributed by atoms with van der Waals surface area (Å²) in [7, 11) is 0. The summed E-state index contributed by atoms with van der Waals surface area (Å²) in [6.07, 6.45) is 6.30. The first-order chi connectivity index (χ1) is 4.83. The van der Waals surface area contributed by atoms with Gasteiger partial charge in [0.15, 0.2) is 0 Å². The molecule has 0 amide bonds. The molecule has 2 bridgehead atoms. The smallest absolute Gasteiger partial charge is 0.000264 e. The van der Waals surface area contributed by atoms with Crippen LogP contribution in [0.25, 0.3) is 0 Å². The van der Waals surface area contributed by atoms with Crippen LogP contribution in [0.5, 0.6) is 0 Å². The van der Waals surface area contributed by atoms with Crippen LogP contribution in [0.4, 0.5) is 0 Å². The Hall–Kier alpha value is -0.520. The zero-order valence-electron chi connectivity index (χ0n) is 6.34. The third-order valence-corrected chi connectivity index (χ3v) is 3.19. The van der Waals surface area contributed by atoms with Gasteiger partial charge in [-0.25, -0.2) is 0 Å². The minimum atomic E-state index is 0.666. The van der Waals surface area contributed by atoms with Gasteiger partial charge in [0.25, 0.3) is 0 Å². The molecule has 0 spiro atoms. The third-order valence-electron chi connectivity index (χ3n) is 3.19. The number of hydrogen-bond donors (Lipinski definition) is 0. The van der Waals surface area contributed by atoms with E-state index >= 15 is 0 Å². The molecule has 2 fully saturated rings. The van der Waals surface area contributed by atoms with Crippen molar-refractivity contribution in [1.82, 2.24) is 0 Å². The Kier molecular flexibility index (Phi) is 1.23. The van der Waals surface area contributed by atoms with Gasteiger partial charge < -0.3 is 0 Å². The molecule has 2 rings (SSSR count). The van der Waals surface area contributed by atoms with Crippen molar-refractivity contribution in [2.24, 2.45) is 17.8 Å². The summed E-state index contributed by atoms with van der Waals surface area (Å²) in [6.45, 7) is 7.97. The van der Waals surface area contributed by atoms with E-state index in [1.807, 2.05) is 0 Å². The van der Waals surface area contributed by atoms with Gasteiger partial charge in [-0.05, 0) is 31.1 Å². The standard InChI is InChI=1S/C10H14/c1-3-10-7(2)8-4-5-9(10)6-8/h3,8-10H,1-2,4-6H2. The van der Waals surface area contributed by atoms with Crippen molar-refractivity contribution in [2.75, 3.05) is 0 Å². The third kappa shape index (κ3) is 0.622. The SMILES string of the molecule is C=CC1C(=C)C2CCC1C2. The highest BCUT2D eigenvalue weighted by atomic mass is 14.4. The second-order valence-electron chi connectivity index (χ2n) is 3.61. The Labute approximate surface area is 62.6 Å². The van der Waals surface area contributed by atoms with Crippen LogP contribution in [0.1, 0.15) is 19.3 Å².